The van der Waals surface area contributed by atoms with E-state index in [1.165, 1.54) is 17.8 Å². The molecule has 0 radical (unpaired) electrons. The van der Waals surface area contributed by atoms with E-state index < -0.39 is 11.7 Å². The molecular formula is C21H31F3N2S. The molecule has 0 amide bonds. The second-order valence-electron chi connectivity index (χ2n) is 6.37. The normalized spacial score (nSPS) is 12.5. The van der Waals surface area contributed by atoms with Crippen LogP contribution >= 0.6 is 11.8 Å². The van der Waals surface area contributed by atoms with E-state index in [-0.39, 0.29) is 0 Å². The van der Waals surface area contributed by atoms with Crippen molar-refractivity contribution in [2.24, 2.45) is 13.0 Å². The van der Waals surface area contributed by atoms with E-state index in [4.69, 9.17) is 0 Å². The molecule has 0 spiro atoms. The van der Waals surface area contributed by atoms with Crippen LogP contribution in [0.2, 0.25) is 0 Å². The third-order valence-corrected chi connectivity index (χ3v) is 5.21. The van der Waals surface area contributed by atoms with Gasteiger partial charge < -0.3 is 4.57 Å². The smallest absolute Gasteiger partial charge is 0.331 e. The minimum absolute atomic E-state index is 0.561. The summed E-state index contributed by atoms with van der Waals surface area (Å²) in [5.74, 6) is 1.99. The van der Waals surface area contributed by atoms with Crippen LogP contribution < -0.4 is 0 Å². The van der Waals surface area contributed by atoms with E-state index >= 15 is 0 Å². The lowest BCUT2D eigenvalue weighted by Gasteiger charge is -2.14. The molecule has 0 aliphatic carbocycles. The number of thioether (sulfide) groups is 1. The molecule has 1 heterocycles. The monoisotopic (exact) mass is 400 g/mol. The number of alkyl halides is 3. The quantitative estimate of drug-likeness (QED) is 0.457. The van der Waals surface area contributed by atoms with Gasteiger partial charge in [-0.15, -0.1) is 11.8 Å². The Balaban J connectivity index is 0.00000176. The molecule has 2 nitrogen and oxygen atoms in total. The fraction of sp³-hybridized carbons (Fsp3) is 0.571. The highest BCUT2D eigenvalue weighted by atomic mass is 32.2. The van der Waals surface area contributed by atoms with Crippen molar-refractivity contribution in [3.8, 4) is 11.4 Å². The first-order valence-electron chi connectivity index (χ1n) is 9.62. The van der Waals surface area contributed by atoms with Crippen LogP contribution in [0.5, 0.6) is 0 Å². The van der Waals surface area contributed by atoms with Gasteiger partial charge in [0.2, 0.25) is 0 Å². The lowest BCUT2D eigenvalue weighted by molar-refractivity contribution is -0.137. The molecule has 0 aliphatic heterocycles. The van der Waals surface area contributed by atoms with Crippen LogP contribution in [0.3, 0.4) is 0 Å². The number of benzene rings is 1. The van der Waals surface area contributed by atoms with Crippen LogP contribution in [0, 0.1) is 5.92 Å². The largest absolute Gasteiger partial charge is 0.416 e. The number of rotatable bonds is 7. The molecule has 1 aromatic heterocycles. The molecule has 0 fully saturated rings. The Morgan fingerprint density at radius 1 is 1.19 bits per heavy atom. The van der Waals surface area contributed by atoms with Crippen molar-refractivity contribution in [1.29, 1.82) is 0 Å². The van der Waals surface area contributed by atoms with Gasteiger partial charge >= 0.3 is 6.18 Å². The molecule has 27 heavy (non-hydrogen) atoms. The zero-order valence-corrected chi connectivity index (χ0v) is 18.0. The van der Waals surface area contributed by atoms with Crippen molar-refractivity contribution in [2.45, 2.75) is 65.0 Å². The highest BCUT2D eigenvalue weighted by Gasteiger charge is 2.31. The first-order valence-corrected chi connectivity index (χ1v) is 10.6. The van der Waals surface area contributed by atoms with Crippen molar-refractivity contribution in [2.75, 3.05) is 5.75 Å². The topological polar surface area (TPSA) is 17.8 Å². The van der Waals surface area contributed by atoms with Gasteiger partial charge in [0, 0.05) is 29.4 Å². The minimum Gasteiger partial charge on any atom is -0.331 e. The van der Waals surface area contributed by atoms with Crippen molar-refractivity contribution in [3.63, 3.8) is 0 Å². The maximum absolute atomic E-state index is 13.0. The van der Waals surface area contributed by atoms with Gasteiger partial charge in [0.05, 0.1) is 5.56 Å². The number of nitrogens with zero attached hydrogens (tertiary/aromatic N) is 2. The highest BCUT2D eigenvalue weighted by Crippen LogP contribution is 2.37. The second-order valence-corrected chi connectivity index (χ2v) is 7.68. The number of aromatic nitrogens is 2. The maximum atomic E-state index is 13.0. The summed E-state index contributed by atoms with van der Waals surface area (Å²) in [6.07, 6.45) is 0.734. The Morgan fingerprint density at radius 2 is 1.85 bits per heavy atom. The molecule has 1 atom stereocenters. The van der Waals surface area contributed by atoms with E-state index in [1.807, 2.05) is 38.6 Å². The SMILES string of the molecule is CC.CCCC(C)Cc1cnc(-c2ccc(C(F)(F)F)cc2SCC)n1C. The summed E-state index contributed by atoms with van der Waals surface area (Å²) in [4.78, 5) is 5.13. The second kappa shape index (κ2) is 10.8. The highest BCUT2D eigenvalue weighted by molar-refractivity contribution is 7.99. The molecule has 2 rings (SSSR count). The fourth-order valence-corrected chi connectivity index (χ4v) is 3.83. The van der Waals surface area contributed by atoms with Crippen LogP contribution in [-0.4, -0.2) is 15.3 Å². The average Bonchev–Trinajstić information content (AvgIpc) is 2.97. The molecule has 2 aromatic rings. The van der Waals surface area contributed by atoms with Crippen molar-refractivity contribution in [3.05, 3.63) is 35.7 Å². The first-order chi connectivity index (χ1) is 12.8. The molecule has 0 bridgehead atoms. The summed E-state index contributed by atoms with van der Waals surface area (Å²) in [5, 5.41) is 0. The van der Waals surface area contributed by atoms with Gasteiger partial charge in [0.15, 0.2) is 0 Å². The van der Waals surface area contributed by atoms with Crippen LogP contribution in [0.4, 0.5) is 13.2 Å². The first kappa shape index (κ1) is 23.6. The summed E-state index contributed by atoms with van der Waals surface area (Å²) in [5.41, 5.74) is 1.26. The fourth-order valence-electron chi connectivity index (χ4n) is 2.99. The number of imidazole rings is 1. The lowest BCUT2D eigenvalue weighted by Crippen LogP contribution is -2.07. The predicted octanol–water partition coefficient (Wildman–Crippen LogP) is 7.22. The number of hydrogen-bond acceptors (Lipinski definition) is 2. The molecule has 0 saturated carbocycles. The van der Waals surface area contributed by atoms with Crippen molar-refractivity contribution in [1.82, 2.24) is 9.55 Å². The summed E-state index contributed by atoms with van der Waals surface area (Å²) in [6.45, 7) is 10.3. The number of halogens is 3. The Bertz CT molecular complexity index is 708. The van der Waals surface area contributed by atoms with Gasteiger partial charge in [-0.2, -0.15) is 13.2 Å². The Kier molecular flexibility index (Phi) is 9.43. The van der Waals surface area contributed by atoms with Gasteiger partial charge in [0.1, 0.15) is 5.82 Å². The van der Waals surface area contributed by atoms with Gasteiger partial charge in [-0.05, 0) is 36.3 Å². The zero-order valence-electron chi connectivity index (χ0n) is 17.2. The predicted molar refractivity (Wildman–Crippen MR) is 109 cm³/mol. The third-order valence-electron chi connectivity index (χ3n) is 4.27. The van der Waals surface area contributed by atoms with E-state index in [0.29, 0.717) is 16.6 Å². The molecule has 1 aromatic carbocycles. The van der Waals surface area contributed by atoms with E-state index in [9.17, 15) is 13.2 Å². The maximum Gasteiger partial charge on any atom is 0.416 e. The van der Waals surface area contributed by atoms with Crippen LogP contribution in [0.15, 0.2) is 29.3 Å². The zero-order chi connectivity index (χ0) is 20.6. The summed E-state index contributed by atoms with van der Waals surface area (Å²) in [7, 11) is 1.94. The summed E-state index contributed by atoms with van der Waals surface area (Å²) in [6, 6.07) is 3.92. The molecule has 0 aliphatic rings. The Morgan fingerprint density at radius 3 is 2.41 bits per heavy atom. The summed E-state index contributed by atoms with van der Waals surface area (Å²) >= 11 is 1.41. The van der Waals surface area contributed by atoms with Crippen LogP contribution in [0.25, 0.3) is 11.4 Å². The summed E-state index contributed by atoms with van der Waals surface area (Å²) < 4.78 is 41.0. The average molecular weight is 401 g/mol. The minimum atomic E-state index is -4.33. The molecule has 6 heteroatoms. The van der Waals surface area contributed by atoms with Gasteiger partial charge in [-0.1, -0.05) is 47.5 Å². The van der Waals surface area contributed by atoms with E-state index in [0.717, 1.165) is 42.4 Å². The third kappa shape index (κ3) is 6.30. The van der Waals surface area contributed by atoms with Crippen LogP contribution in [-0.2, 0) is 19.6 Å². The lowest BCUT2D eigenvalue weighted by atomic mass is 10.0. The van der Waals surface area contributed by atoms with Gasteiger partial charge in [0.25, 0.3) is 0 Å². The number of hydrogen-bond donors (Lipinski definition) is 0. The van der Waals surface area contributed by atoms with Crippen molar-refractivity contribution < 1.29 is 13.2 Å². The standard InChI is InChI=1S/C19H25F3N2S.C2H6/c1-5-7-13(3)10-15-12-23-18(24(15)4)16-9-8-14(19(20,21)22)11-17(16)25-6-2;1-2/h8-9,11-13H,5-7,10H2,1-4H3;1-2H3. The van der Waals surface area contributed by atoms with Gasteiger partial charge in [-0.25, -0.2) is 4.98 Å². The molecule has 152 valence electrons. The molecule has 0 saturated heterocycles. The Hall–Kier alpha value is -1.43. The molecular weight excluding hydrogens is 369 g/mol. The molecule has 1 unspecified atom stereocenters. The van der Waals surface area contributed by atoms with E-state index in [1.54, 1.807) is 6.07 Å². The van der Waals surface area contributed by atoms with Crippen molar-refractivity contribution >= 4 is 11.8 Å². The van der Waals surface area contributed by atoms with Crippen LogP contribution in [0.1, 0.15) is 58.7 Å². The Labute approximate surface area is 165 Å². The van der Waals surface area contributed by atoms with Gasteiger partial charge in [-0.3, -0.25) is 0 Å². The molecule has 0 N–H and O–H groups in total. The van der Waals surface area contributed by atoms with E-state index in [2.05, 4.69) is 18.8 Å².